The van der Waals surface area contributed by atoms with Gasteiger partial charge in [0, 0.05) is 23.4 Å². The number of hydrazone groups is 1. The molecule has 0 radical (unpaired) electrons. The monoisotopic (exact) mass is 370 g/mol. The Labute approximate surface area is 164 Å². The Balaban J connectivity index is 1.49. The second-order valence-electron chi connectivity index (χ2n) is 7.53. The highest BCUT2D eigenvalue weighted by atomic mass is 16.2. The largest absolute Gasteiger partial charge is 0.298 e. The van der Waals surface area contributed by atoms with Crippen molar-refractivity contribution in [3.63, 3.8) is 0 Å². The van der Waals surface area contributed by atoms with Crippen LogP contribution in [-0.2, 0) is 0 Å². The van der Waals surface area contributed by atoms with E-state index in [0.717, 1.165) is 60.3 Å². The number of hydrogen-bond acceptors (Lipinski definition) is 4. The quantitative estimate of drug-likeness (QED) is 0.715. The first kappa shape index (κ1) is 17.1. The number of aromatic nitrogens is 1. The van der Waals surface area contributed by atoms with Crippen molar-refractivity contribution in [2.75, 3.05) is 19.6 Å². The van der Waals surface area contributed by atoms with E-state index in [0.29, 0.717) is 11.5 Å². The predicted octanol–water partition coefficient (Wildman–Crippen LogP) is 3.71. The van der Waals surface area contributed by atoms with E-state index in [-0.39, 0.29) is 5.91 Å². The van der Waals surface area contributed by atoms with Crippen molar-refractivity contribution in [1.82, 2.24) is 15.3 Å². The van der Waals surface area contributed by atoms with Crippen molar-refractivity contribution in [3.8, 4) is 11.3 Å². The summed E-state index contributed by atoms with van der Waals surface area (Å²) in [5, 5.41) is 5.35. The Hall–Kier alpha value is -3.05. The van der Waals surface area contributed by atoms with E-state index in [1.807, 2.05) is 60.7 Å². The number of hydrogen-bond donors (Lipinski definition) is 1. The lowest BCUT2D eigenvalue weighted by Crippen LogP contribution is -2.48. The molecule has 0 spiro atoms. The standard InChI is InChI=1S/C23H22N4O/c28-23(26-25-22-15-27-12-10-17(22)11-13-27)19-14-21(16-6-2-1-3-7-16)24-20-9-5-4-8-18(19)20/h1-9,14,17H,10-13,15H2,(H,26,28)/b25-22+. The molecule has 0 saturated carbocycles. The maximum Gasteiger partial charge on any atom is 0.272 e. The SMILES string of the molecule is O=C(N/N=C1\CN2CCC1CC2)c1cc(-c2ccccc2)nc2ccccc12. The number of rotatable bonds is 3. The van der Waals surface area contributed by atoms with Gasteiger partial charge in [0.2, 0.25) is 0 Å². The number of benzene rings is 2. The average molecular weight is 370 g/mol. The molecule has 3 aliphatic rings. The van der Waals surface area contributed by atoms with E-state index in [1.54, 1.807) is 0 Å². The van der Waals surface area contributed by atoms with Crippen molar-refractivity contribution < 1.29 is 4.79 Å². The number of nitrogens with one attached hydrogen (secondary N) is 1. The van der Waals surface area contributed by atoms with Crippen LogP contribution >= 0.6 is 0 Å². The van der Waals surface area contributed by atoms with Crippen molar-refractivity contribution in [2.45, 2.75) is 12.8 Å². The number of carbonyl (C=O) groups is 1. The summed E-state index contributed by atoms with van der Waals surface area (Å²) in [5.41, 5.74) is 7.12. The molecule has 0 unspecified atom stereocenters. The lowest BCUT2D eigenvalue weighted by Gasteiger charge is -2.39. The Morgan fingerprint density at radius 1 is 1.04 bits per heavy atom. The van der Waals surface area contributed by atoms with Gasteiger partial charge in [-0.3, -0.25) is 9.69 Å². The van der Waals surface area contributed by atoms with Crippen molar-refractivity contribution >= 4 is 22.5 Å². The fourth-order valence-corrected chi connectivity index (χ4v) is 4.21. The normalized spacial score (nSPS) is 22.5. The average Bonchev–Trinajstić information content (AvgIpc) is 2.78. The van der Waals surface area contributed by atoms with Crippen molar-refractivity contribution in [3.05, 3.63) is 66.2 Å². The molecular formula is C23H22N4O. The molecule has 3 fully saturated rings. The minimum absolute atomic E-state index is 0.181. The van der Waals surface area contributed by atoms with Crippen LogP contribution in [-0.4, -0.2) is 41.1 Å². The second kappa shape index (κ2) is 7.17. The lowest BCUT2D eigenvalue weighted by molar-refractivity contribution is 0.0955. The fraction of sp³-hybridized carbons (Fsp3) is 0.261. The van der Waals surface area contributed by atoms with Crippen molar-refractivity contribution in [2.24, 2.45) is 11.0 Å². The molecule has 28 heavy (non-hydrogen) atoms. The predicted molar refractivity (Wildman–Crippen MR) is 111 cm³/mol. The maximum absolute atomic E-state index is 13.0. The number of nitrogens with zero attached hydrogens (tertiary/aromatic N) is 3. The highest BCUT2D eigenvalue weighted by Crippen LogP contribution is 2.26. The van der Waals surface area contributed by atoms with Crippen LogP contribution in [0.25, 0.3) is 22.2 Å². The zero-order valence-corrected chi connectivity index (χ0v) is 15.6. The number of carbonyl (C=O) groups excluding carboxylic acids is 1. The van der Waals surface area contributed by atoms with Gasteiger partial charge < -0.3 is 0 Å². The molecule has 3 aromatic rings. The van der Waals surface area contributed by atoms with Crippen LogP contribution < -0.4 is 5.43 Å². The number of piperidine rings is 3. The van der Waals surface area contributed by atoms with Crippen LogP contribution in [0.5, 0.6) is 0 Å². The number of para-hydroxylation sites is 1. The fourth-order valence-electron chi connectivity index (χ4n) is 4.21. The minimum atomic E-state index is -0.181. The van der Waals surface area contributed by atoms with E-state index in [1.165, 1.54) is 0 Å². The van der Waals surface area contributed by atoms with Gasteiger partial charge >= 0.3 is 0 Å². The number of pyridine rings is 1. The Morgan fingerprint density at radius 3 is 2.54 bits per heavy atom. The zero-order valence-electron chi connectivity index (χ0n) is 15.6. The first-order valence-electron chi connectivity index (χ1n) is 9.82. The smallest absolute Gasteiger partial charge is 0.272 e. The van der Waals surface area contributed by atoms with E-state index in [4.69, 9.17) is 4.98 Å². The Bertz CT molecular complexity index is 1050. The molecule has 1 amide bonds. The molecule has 3 saturated heterocycles. The van der Waals surface area contributed by atoms with Crippen LogP contribution in [0.2, 0.25) is 0 Å². The molecule has 0 atom stereocenters. The highest BCUT2D eigenvalue weighted by molar-refractivity contribution is 6.07. The molecule has 5 nitrogen and oxygen atoms in total. The Morgan fingerprint density at radius 2 is 1.79 bits per heavy atom. The summed E-state index contributed by atoms with van der Waals surface area (Å²) in [4.78, 5) is 20.2. The van der Waals surface area contributed by atoms with E-state index in [2.05, 4.69) is 15.4 Å². The molecule has 4 heterocycles. The zero-order chi connectivity index (χ0) is 18.9. The van der Waals surface area contributed by atoms with E-state index < -0.39 is 0 Å². The van der Waals surface area contributed by atoms with Gasteiger partial charge in [-0.05, 0) is 38.1 Å². The van der Waals surface area contributed by atoms with Crippen LogP contribution in [0.15, 0.2) is 65.8 Å². The van der Waals surface area contributed by atoms with E-state index in [9.17, 15) is 4.79 Å². The van der Waals surface area contributed by atoms with E-state index >= 15 is 0 Å². The molecular weight excluding hydrogens is 348 g/mol. The summed E-state index contributed by atoms with van der Waals surface area (Å²) in [7, 11) is 0. The lowest BCUT2D eigenvalue weighted by atomic mass is 9.87. The summed E-state index contributed by atoms with van der Waals surface area (Å²) < 4.78 is 0. The topological polar surface area (TPSA) is 57.6 Å². The van der Waals surface area contributed by atoms with Crippen LogP contribution in [0.4, 0.5) is 0 Å². The van der Waals surface area contributed by atoms with Gasteiger partial charge in [-0.2, -0.15) is 5.10 Å². The summed E-state index contributed by atoms with van der Waals surface area (Å²) in [5.74, 6) is 0.332. The van der Waals surface area contributed by atoms with Gasteiger partial charge in [-0.25, -0.2) is 10.4 Å². The summed E-state index contributed by atoms with van der Waals surface area (Å²) in [6.07, 6.45) is 2.29. The van der Waals surface area contributed by atoms with Gasteiger partial charge in [0.25, 0.3) is 5.91 Å². The molecule has 3 aliphatic heterocycles. The second-order valence-corrected chi connectivity index (χ2v) is 7.53. The molecule has 1 aromatic heterocycles. The molecule has 6 rings (SSSR count). The van der Waals surface area contributed by atoms with Crippen LogP contribution in [0.3, 0.4) is 0 Å². The van der Waals surface area contributed by atoms with Crippen LogP contribution in [0, 0.1) is 5.92 Å². The Kier molecular flexibility index (Phi) is 4.37. The first-order valence-corrected chi connectivity index (χ1v) is 9.82. The molecule has 0 aliphatic carbocycles. The third-order valence-corrected chi connectivity index (χ3v) is 5.78. The summed E-state index contributed by atoms with van der Waals surface area (Å²) in [6.45, 7) is 3.16. The third-order valence-electron chi connectivity index (χ3n) is 5.78. The number of amides is 1. The summed E-state index contributed by atoms with van der Waals surface area (Å²) in [6, 6.07) is 19.6. The highest BCUT2D eigenvalue weighted by Gasteiger charge is 2.31. The molecule has 5 heteroatoms. The van der Waals surface area contributed by atoms with Gasteiger partial charge in [0.15, 0.2) is 0 Å². The molecule has 1 N–H and O–H groups in total. The van der Waals surface area contributed by atoms with Gasteiger partial charge in [-0.1, -0.05) is 48.5 Å². The molecule has 2 bridgehead atoms. The minimum Gasteiger partial charge on any atom is -0.298 e. The van der Waals surface area contributed by atoms with Gasteiger partial charge in [0.1, 0.15) is 0 Å². The summed E-state index contributed by atoms with van der Waals surface area (Å²) >= 11 is 0. The molecule has 140 valence electrons. The van der Waals surface area contributed by atoms with Crippen molar-refractivity contribution in [1.29, 1.82) is 0 Å². The number of fused-ring (bicyclic) bond motifs is 4. The van der Waals surface area contributed by atoms with Gasteiger partial charge in [0.05, 0.1) is 22.5 Å². The molecule has 2 aromatic carbocycles. The van der Waals surface area contributed by atoms with Gasteiger partial charge in [-0.15, -0.1) is 0 Å². The van der Waals surface area contributed by atoms with Crippen LogP contribution in [0.1, 0.15) is 23.2 Å². The third kappa shape index (κ3) is 3.18. The maximum atomic E-state index is 13.0. The first-order chi connectivity index (χ1) is 13.8.